The van der Waals surface area contributed by atoms with Crippen LogP contribution in [-0.4, -0.2) is 48.0 Å². The van der Waals surface area contributed by atoms with Crippen molar-refractivity contribution >= 4 is 21.6 Å². The second kappa shape index (κ2) is 9.90. The Hall–Kier alpha value is -3.30. The fraction of sp³-hybridized carbons (Fsp3) is 0.320. The molecule has 1 aromatic heterocycles. The molecule has 0 radical (unpaired) electrons. The molecule has 8 nitrogen and oxygen atoms in total. The lowest BCUT2D eigenvalue weighted by atomic mass is 10.0. The average Bonchev–Trinajstić information content (AvgIpc) is 2.85. The molecule has 1 aliphatic heterocycles. The smallest absolute Gasteiger partial charge is 0.267 e. The first kappa shape index (κ1) is 23.8. The lowest BCUT2D eigenvalue weighted by molar-refractivity contribution is -0.119. The van der Waals surface area contributed by atoms with E-state index in [1.165, 1.54) is 15.1 Å². The topological polar surface area (TPSA) is 92.6 Å². The van der Waals surface area contributed by atoms with Gasteiger partial charge in [-0.25, -0.2) is 13.1 Å². The molecule has 0 saturated carbocycles. The van der Waals surface area contributed by atoms with E-state index < -0.39 is 10.0 Å². The number of fused-ring (bicyclic) bond motifs is 1. The number of anilines is 1. The summed E-state index contributed by atoms with van der Waals surface area (Å²) < 4.78 is 28.4. The molecule has 2 heterocycles. The molecular weight excluding hydrogens is 452 g/mol. The Bertz CT molecular complexity index is 1350. The number of carbonyl (C=O) groups excluding carboxylic acids is 1. The lowest BCUT2D eigenvalue weighted by Gasteiger charge is -2.30. The summed E-state index contributed by atoms with van der Waals surface area (Å²) in [5.41, 5.74) is 2.60. The zero-order chi connectivity index (χ0) is 24.3. The predicted octanol–water partition coefficient (Wildman–Crippen LogP) is 2.92. The summed E-state index contributed by atoms with van der Waals surface area (Å²) in [7, 11) is -3.58. The molecular formula is C25H28N4O4S. The summed E-state index contributed by atoms with van der Waals surface area (Å²) in [5, 5.41) is 4.39. The van der Waals surface area contributed by atoms with Gasteiger partial charge in [-0.15, -0.1) is 0 Å². The Balaban J connectivity index is 1.61. The Labute approximate surface area is 199 Å². The molecule has 9 heteroatoms. The molecule has 0 N–H and O–H groups in total. The van der Waals surface area contributed by atoms with Crippen LogP contribution in [0.4, 0.5) is 5.69 Å². The molecule has 2 aromatic carbocycles. The van der Waals surface area contributed by atoms with Crippen LogP contribution in [0.15, 0.2) is 70.4 Å². The number of hydrogen-bond acceptors (Lipinski definition) is 5. The van der Waals surface area contributed by atoms with Gasteiger partial charge in [0.1, 0.15) is 6.54 Å². The molecule has 0 atom stereocenters. The summed E-state index contributed by atoms with van der Waals surface area (Å²) in [6, 6.07) is 17.4. The summed E-state index contributed by atoms with van der Waals surface area (Å²) in [6.07, 6.45) is 1.39. The van der Waals surface area contributed by atoms with Gasteiger partial charge in [0.05, 0.1) is 10.6 Å². The number of rotatable bonds is 7. The second-order valence-corrected chi connectivity index (χ2v) is 10.0. The van der Waals surface area contributed by atoms with Gasteiger partial charge in [-0.2, -0.15) is 9.40 Å². The van der Waals surface area contributed by atoms with Gasteiger partial charge in [-0.05, 0) is 42.7 Å². The highest BCUT2D eigenvalue weighted by Crippen LogP contribution is 2.30. The van der Waals surface area contributed by atoms with E-state index in [0.717, 1.165) is 11.1 Å². The number of amides is 1. The summed E-state index contributed by atoms with van der Waals surface area (Å²) in [6.45, 7) is 4.71. The minimum Gasteiger partial charge on any atom is -0.311 e. The van der Waals surface area contributed by atoms with Crippen LogP contribution in [-0.2, 0) is 27.8 Å². The number of benzene rings is 2. The number of nitrogens with zero attached hydrogens (tertiary/aromatic N) is 4. The highest BCUT2D eigenvalue weighted by atomic mass is 32.2. The van der Waals surface area contributed by atoms with E-state index in [0.29, 0.717) is 43.9 Å². The zero-order valence-electron chi connectivity index (χ0n) is 19.3. The van der Waals surface area contributed by atoms with Crippen LogP contribution in [0.3, 0.4) is 0 Å². The molecule has 0 unspecified atom stereocenters. The molecule has 178 valence electrons. The summed E-state index contributed by atoms with van der Waals surface area (Å²) in [5.74, 6) is -0.264. The van der Waals surface area contributed by atoms with Crippen molar-refractivity contribution in [1.82, 2.24) is 14.1 Å². The lowest BCUT2D eigenvalue weighted by Crippen LogP contribution is -2.40. The van der Waals surface area contributed by atoms with Crippen LogP contribution >= 0.6 is 0 Å². The van der Waals surface area contributed by atoms with Crippen molar-refractivity contribution < 1.29 is 13.2 Å². The van der Waals surface area contributed by atoms with E-state index in [9.17, 15) is 18.0 Å². The van der Waals surface area contributed by atoms with E-state index >= 15 is 0 Å². The predicted molar refractivity (Wildman–Crippen MR) is 131 cm³/mol. The quantitative estimate of drug-likeness (QED) is 0.518. The third-order valence-corrected chi connectivity index (χ3v) is 8.08. The zero-order valence-corrected chi connectivity index (χ0v) is 20.2. The molecule has 0 fully saturated rings. The van der Waals surface area contributed by atoms with Crippen LogP contribution in [0, 0.1) is 0 Å². The molecule has 0 spiro atoms. The van der Waals surface area contributed by atoms with Gasteiger partial charge in [0.2, 0.25) is 15.9 Å². The van der Waals surface area contributed by atoms with Gasteiger partial charge < -0.3 is 4.90 Å². The molecule has 34 heavy (non-hydrogen) atoms. The monoisotopic (exact) mass is 480 g/mol. The number of hydrogen-bond donors (Lipinski definition) is 0. The van der Waals surface area contributed by atoms with Gasteiger partial charge >= 0.3 is 0 Å². The van der Waals surface area contributed by atoms with Crippen LogP contribution < -0.4 is 10.5 Å². The fourth-order valence-electron chi connectivity index (χ4n) is 4.24. The molecule has 1 aliphatic rings. The minimum absolute atomic E-state index is 0.196. The normalized spacial score (nSPS) is 13.7. The number of sulfonamides is 1. The number of aryl methyl sites for hydroxylation is 1. The molecule has 3 aromatic rings. The first-order chi connectivity index (χ1) is 16.3. The van der Waals surface area contributed by atoms with Gasteiger partial charge in [0.25, 0.3) is 5.56 Å². The minimum atomic E-state index is -3.58. The third kappa shape index (κ3) is 4.67. The largest absolute Gasteiger partial charge is 0.311 e. The highest BCUT2D eigenvalue weighted by molar-refractivity contribution is 7.89. The molecule has 0 aliphatic carbocycles. The van der Waals surface area contributed by atoms with Crippen LogP contribution in [0.5, 0.6) is 0 Å². The third-order valence-electron chi connectivity index (χ3n) is 6.04. The van der Waals surface area contributed by atoms with Gasteiger partial charge in [-0.3, -0.25) is 9.59 Å². The molecule has 0 bridgehead atoms. The van der Waals surface area contributed by atoms with Crippen LogP contribution in [0.1, 0.15) is 25.8 Å². The molecule has 4 rings (SSSR count). The van der Waals surface area contributed by atoms with Crippen LogP contribution in [0.25, 0.3) is 11.3 Å². The van der Waals surface area contributed by atoms with Gasteiger partial charge in [-0.1, -0.05) is 44.2 Å². The Morgan fingerprint density at radius 3 is 2.47 bits per heavy atom. The van der Waals surface area contributed by atoms with Crippen molar-refractivity contribution in [3.05, 3.63) is 76.6 Å². The first-order valence-corrected chi connectivity index (χ1v) is 12.9. The molecule has 0 saturated heterocycles. The Kier molecular flexibility index (Phi) is 6.95. The van der Waals surface area contributed by atoms with E-state index in [1.54, 1.807) is 29.2 Å². The fourth-order valence-corrected chi connectivity index (χ4v) is 5.75. The Morgan fingerprint density at radius 1 is 1.03 bits per heavy atom. The van der Waals surface area contributed by atoms with Crippen LogP contribution in [0.2, 0.25) is 0 Å². The average molecular weight is 481 g/mol. The van der Waals surface area contributed by atoms with Gasteiger partial charge in [0, 0.05) is 37.0 Å². The van der Waals surface area contributed by atoms with E-state index in [4.69, 9.17) is 0 Å². The number of aromatic nitrogens is 2. The maximum absolute atomic E-state index is 13.2. The van der Waals surface area contributed by atoms with E-state index in [2.05, 4.69) is 5.10 Å². The van der Waals surface area contributed by atoms with Crippen molar-refractivity contribution in [3.63, 3.8) is 0 Å². The Morgan fingerprint density at radius 2 is 1.76 bits per heavy atom. The van der Waals surface area contributed by atoms with Gasteiger partial charge in [0.15, 0.2) is 0 Å². The van der Waals surface area contributed by atoms with Crippen molar-refractivity contribution in [1.29, 1.82) is 0 Å². The van der Waals surface area contributed by atoms with Crippen molar-refractivity contribution in [2.45, 2.75) is 38.1 Å². The second-order valence-electron chi connectivity index (χ2n) is 8.11. The van der Waals surface area contributed by atoms with Crippen molar-refractivity contribution in [3.8, 4) is 11.3 Å². The highest BCUT2D eigenvalue weighted by Gasteiger charge is 2.27. The molecule has 1 amide bonds. The summed E-state index contributed by atoms with van der Waals surface area (Å²) in [4.78, 5) is 27.5. The maximum atomic E-state index is 13.2. The standard InChI is InChI=1S/C25H28N4O4S/c1-3-27(4-2)34(32,33)21-12-14-23-20(17-21)11-8-16-28(23)25(31)18-29-24(30)15-13-22(26-29)19-9-6-5-7-10-19/h5-7,9-10,12-15,17H,3-4,8,11,16,18H2,1-2H3. The summed E-state index contributed by atoms with van der Waals surface area (Å²) >= 11 is 0. The SMILES string of the molecule is CCN(CC)S(=O)(=O)c1ccc2c(c1)CCCN2C(=O)Cn1nc(-c2ccccc2)ccc1=O. The van der Waals surface area contributed by atoms with Crippen molar-refractivity contribution in [2.75, 3.05) is 24.5 Å². The number of carbonyl (C=O) groups is 1. The maximum Gasteiger partial charge on any atom is 0.267 e. The van der Waals surface area contributed by atoms with E-state index in [1.807, 2.05) is 44.2 Å². The van der Waals surface area contributed by atoms with E-state index in [-0.39, 0.29) is 22.9 Å². The first-order valence-electron chi connectivity index (χ1n) is 11.4. The van der Waals surface area contributed by atoms with Crippen molar-refractivity contribution in [2.24, 2.45) is 0 Å².